The lowest BCUT2D eigenvalue weighted by Gasteiger charge is -2.27. The Kier molecular flexibility index (Phi) is 8.25. The van der Waals surface area contributed by atoms with Crippen LogP contribution in [0.3, 0.4) is 0 Å². The topological polar surface area (TPSA) is 136 Å². The molecule has 39 heavy (non-hydrogen) atoms. The Morgan fingerprint density at radius 1 is 1.26 bits per heavy atom. The molecule has 3 aromatic rings. The number of aryl methyl sites for hydroxylation is 1. The van der Waals surface area contributed by atoms with E-state index in [4.69, 9.17) is 5.41 Å². The lowest BCUT2D eigenvalue weighted by atomic mass is 10.1. The minimum Gasteiger partial charge on any atom is -0.349 e. The fourth-order valence-electron chi connectivity index (χ4n) is 4.38. The molecule has 0 saturated carbocycles. The Labute approximate surface area is 225 Å². The van der Waals surface area contributed by atoms with Gasteiger partial charge in [0.05, 0.1) is 23.7 Å². The van der Waals surface area contributed by atoms with E-state index in [0.29, 0.717) is 26.1 Å². The molecule has 1 saturated heterocycles. The quantitative estimate of drug-likeness (QED) is 0.284. The minimum atomic E-state index is -3.85. The Morgan fingerprint density at radius 2 is 2.03 bits per heavy atom. The van der Waals surface area contributed by atoms with Crippen LogP contribution in [0.4, 0.5) is 14.5 Å². The van der Waals surface area contributed by atoms with Crippen molar-refractivity contribution < 1.29 is 22.0 Å². The summed E-state index contributed by atoms with van der Waals surface area (Å²) in [6.45, 7) is 3.08. The van der Waals surface area contributed by atoms with Crippen LogP contribution >= 0.6 is 0 Å². The second-order valence-electron chi connectivity index (χ2n) is 9.45. The van der Waals surface area contributed by atoms with Crippen LogP contribution in [0.2, 0.25) is 0 Å². The lowest BCUT2D eigenvalue weighted by Crippen LogP contribution is -2.47. The van der Waals surface area contributed by atoms with Gasteiger partial charge >= 0.3 is 0 Å². The van der Waals surface area contributed by atoms with Crippen molar-refractivity contribution in [3.8, 4) is 0 Å². The normalized spacial score (nSPS) is 16.6. The van der Waals surface area contributed by atoms with Gasteiger partial charge < -0.3 is 10.6 Å². The van der Waals surface area contributed by atoms with Crippen molar-refractivity contribution in [1.82, 2.24) is 29.3 Å². The number of carbonyl (C=O) groups is 1. The number of rotatable bonds is 8. The summed E-state index contributed by atoms with van der Waals surface area (Å²) in [5.41, 5.74) is 1.33. The number of amides is 1. The Hall–Kier alpha value is -3.91. The number of pyridine rings is 1. The fraction of sp³-hybridized carbons (Fsp3) is 0.360. The number of sulfonamides is 1. The summed E-state index contributed by atoms with van der Waals surface area (Å²) in [5, 5.41) is 17.1. The van der Waals surface area contributed by atoms with E-state index < -0.39 is 44.8 Å². The smallest absolute Gasteiger partial charge is 0.274 e. The first-order valence-electron chi connectivity index (χ1n) is 12.2. The van der Waals surface area contributed by atoms with E-state index in [1.165, 1.54) is 25.2 Å². The second kappa shape index (κ2) is 11.5. The molecule has 0 spiro atoms. The van der Waals surface area contributed by atoms with E-state index in [1.807, 2.05) is 18.1 Å². The molecule has 0 unspecified atom stereocenters. The molecule has 2 atom stereocenters. The van der Waals surface area contributed by atoms with E-state index in [-0.39, 0.29) is 16.9 Å². The van der Waals surface area contributed by atoms with Crippen LogP contribution < -0.4 is 10.6 Å². The molecular formula is C25H30F2N8O3S. The van der Waals surface area contributed by atoms with Gasteiger partial charge in [0, 0.05) is 50.2 Å². The predicted molar refractivity (Wildman–Crippen MR) is 141 cm³/mol. The van der Waals surface area contributed by atoms with E-state index in [0.717, 1.165) is 28.2 Å². The molecule has 208 valence electrons. The lowest BCUT2D eigenvalue weighted by molar-refractivity contribution is 0.102. The van der Waals surface area contributed by atoms with Crippen molar-refractivity contribution in [3.05, 3.63) is 77.4 Å². The number of anilines is 1. The maximum absolute atomic E-state index is 14.7. The molecule has 0 radical (unpaired) electrons. The zero-order valence-electron chi connectivity index (χ0n) is 21.7. The number of halogens is 2. The van der Waals surface area contributed by atoms with Crippen LogP contribution in [0.5, 0.6) is 0 Å². The number of hydrogen-bond acceptors (Lipinski definition) is 7. The number of carbonyl (C=O) groups excluding carboxylic acids is 1. The SMILES string of the molecule is C[C@@H](NC(=N)N(C)S(=O)(=O)[C@H]1CCN(Cc2cnn(C)c2)C1)c1cc(NC(=O)c2ccc(F)cn2)ccc1F. The van der Waals surface area contributed by atoms with Gasteiger partial charge in [-0.3, -0.25) is 19.8 Å². The molecule has 1 aliphatic rings. The maximum atomic E-state index is 14.7. The number of nitrogens with zero attached hydrogens (tertiary/aromatic N) is 5. The van der Waals surface area contributed by atoms with Crippen molar-refractivity contribution >= 4 is 27.6 Å². The zero-order chi connectivity index (χ0) is 28.3. The highest BCUT2D eigenvalue weighted by atomic mass is 32.2. The van der Waals surface area contributed by atoms with Crippen LogP contribution in [0.25, 0.3) is 0 Å². The van der Waals surface area contributed by atoms with Crippen LogP contribution in [0, 0.1) is 17.0 Å². The number of likely N-dealkylation sites (tertiary alicyclic amines) is 1. The van der Waals surface area contributed by atoms with Crippen molar-refractivity contribution in [1.29, 1.82) is 5.41 Å². The van der Waals surface area contributed by atoms with Crippen LogP contribution in [0.1, 0.15) is 41.0 Å². The third-order valence-electron chi connectivity index (χ3n) is 6.55. The van der Waals surface area contributed by atoms with Crippen LogP contribution in [-0.2, 0) is 23.6 Å². The van der Waals surface area contributed by atoms with E-state index in [1.54, 1.807) is 17.8 Å². The van der Waals surface area contributed by atoms with Crippen LogP contribution in [-0.4, -0.2) is 69.6 Å². The fourth-order valence-corrected chi connectivity index (χ4v) is 5.94. The predicted octanol–water partition coefficient (Wildman–Crippen LogP) is 2.47. The molecule has 2 aromatic heterocycles. The molecule has 11 nitrogen and oxygen atoms in total. The van der Waals surface area contributed by atoms with Gasteiger partial charge in [0.15, 0.2) is 0 Å². The summed E-state index contributed by atoms with van der Waals surface area (Å²) in [5.74, 6) is -2.20. The first-order chi connectivity index (χ1) is 18.4. The first-order valence-corrected chi connectivity index (χ1v) is 13.7. The van der Waals surface area contributed by atoms with Gasteiger partial charge in [-0.15, -0.1) is 0 Å². The van der Waals surface area contributed by atoms with Crippen molar-refractivity contribution in [3.63, 3.8) is 0 Å². The summed E-state index contributed by atoms with van der Waals surface area (Å²) >= 11 is 0. The Morgan fingerprint density at radius 3 is 2.69 bits per heavy atom. The summed E-state index contributed by atoms with van der Waals surface area (Å²) in [6.07, 6.45) is 4.97. The highest BCUT2D eigenvalue weighted by Gasteiger charge is 2.37. The molecule has 4 rings (SSSR count). The summed E-state index contributed by atoms with van der Waals surface area (Å²) < 4.78 is 56.8. The highest BCUT2D eigenvalue weighted by molar-refractivity contribution is 7.90. The average molecular weight is 561 g/mol. The average Bonchev–Trinajstić information content (AvgIpc) is 3.54. The third-order valence-corrected chi connectivity index (χ3v) is 8.72. The standard InChI is InChI=1S/C25H30F2N8O3S/c1-16(21-10-19(5-6-22(21)27)32-24(36)23-7-4-18(26)12-29-23)31-25(28)34(3)39(37,38)20-8-9-35(15-20)14-17-11-30-33(2)13-17/h4-7,10-13,16,20H,8-9,14-15H2,1-3H3,(H2,28,31)(H,32,36)/t16-,20+/m1/s1. The second-order valence-corrected chi connectivity index (χ2v) is 11.7. The third kappa shape index (κ3) is 6.57. The van der Waals surface area contributed by atoms with Gasteiger partial charge in [0.25, 0.3) is 5.91 Å². The Bertz CT molecular complexity index is 1460. The zero-order valence-corrected chi connectivity index (χ0v) is 22.5. The number of guanidine groups is 1. The van der Waals surface area contributed by atoms with Gasteiger partial charge in [-0.25, -0.2) is 26.5 Å². The van der Waals surface area contributed by atoms with Gasteiger partial charge in [-0.2, -0.15) is 5.10 Å². The molecular weight excluding hydrogens is 530 g/mol. The molecule has 1 aliphatic heterocycles. The summed E-state index contributed by atoms with van der Waals surface area (Å²) in [6, 6.07) is 5.40. The first kappa shape index (κ1) is 28.1. The molecule has 3 heterocycles. The largest absolute Gasteiger partial charge is 0.349 e. The van der Waals surface area contributed by atoms with Crippen molar-refractivity contribution in [2.45, 2.75) is 31.2 Å². The van der Waals surface area contributed by atoms with Crippen molar-refractivity contribution in [2.24, 2.45) is 7.05 Å². The summed E-state index contributed by atoms with van der Waals surface area (Å²) in [7, 11) is -0.740. The van der Waals surface area contributed by atoms with Crippen molar-refractivity contribution in [2.75, 3.05) is 25.5 Å². The molecule has 14 heteroatoms. The molecule has 0 aliphatic carbocycles. The molecule has 0 bridgehead atoms. The van der Waals surface area contributed by atoms with Gasteiger partial charge in [0.2, 0.25) is 16.0 Å². The Balaban J connectivity index is 1.38. The molecule has 1 amide bonds. The number of benzene rings is 1. The maximum Gasteiger partial charge on any atom is 0.274 e. The van der Waals surface area contributed by atoms with Gasteiger partial charge in [0.1, 0.15) is 17.3 Å². The van der Waals surface area contributed by atoms with Gasteiger partial charge in [-0.1, -0.05) is 0 Å². The highest BCUT2D eigenvalue weighted by Crippen LogP contribution is 2.24. The van der Waals surface area contributed by atoms with Gasteiger partial charge in [-0.05, 0) is 50.2 Å². The monoisotopic (exact) mass is 560 g/mol. The van der Waals surface area contributed by atoms with E-state index in [9.17, 15) is 22.0 Å². The van der Waals surface area contributed by atoms with E-state index >= 15 is 0 Å². The number of nitrogens with one attached hydrogen (secondary N) is 3. The van der Waals surface area contributed by atoms with E-state index in [2.05, 4.69) is 20.7 Å². The summed E-state index contributed by atoms with van der Waals surface area (Å²) in [4.78, 5) is 18.2. The van der Waals surface area contributed by atoms with Crippen LogP contribution in [0.15, 0.2) is 48.9 Å². The molecule has 1 fully saturated rings. The molecule has 1 aromatic carbocycles. The minimum absolute atomic E-state index is 0.0204. The molecule has 3 N–H and O–H groups in total. The number of hydrogen-bond donors (Lipinski definition) is 3. The number of aromatic nitrogens is 3.